The largest absolute Gasteiger partial charge is 0.508 e. The fourth-order valence-electron chi connectivity index (χ4n) is 2.42. The van der Waals surface area contributed by atoms with Crippen molar-refractivity contribution < 1.29 is 15.3 Å². The van der Waals surface area contributed by atoms with Crippen LogP contribution in [0.25, 0.3) is 0 Å². The van der Waals surface area contributed by atoms with Crippen molar-refractivity contribution in [1.82, 2.24) is 5.32 Å². The third-order valence-corrected chi connectivity index (χ3v) is 3.51. The molecule has 1 unspecified atom stereocenters. The van der Waals surface area contributed by atoms with Crippen molar-refractivity contribution in [3.63, 3.8) is 0 Å². The number of aromatic hydroxyl groups is 2. The van der Waals surface area contributed by atoms with Gasteiger partial charge in [0.25, 0.3) is 0 Å². The van der Waals surface area contributed by atoms with E-state index in [1.807, 2.05) is 37.3 Å². The highest BCUT2D eigenvalue weighted by Crippen LogP contribution is 2.28. The third-order valence-electron chi connectivity index (χ3n) is 3.51. The van der Waals surface area contributed by atoms with Gasteiger partial charge >= 0.3 is 0 Å². The lowest BCUT2D eigenvalue weighted by molar-refractivity contribution is 0.232. The summed E-state index contributed by atoms with van der Waals surface area (Å²) in [4.78, 5) is 0. The molecule has 0 bridgehead atoms. The Kier molecular flexibility index (Phi) is 5.20. The van der Waals surface area contributed by atoms with Gasteiger partial charge in [0.1, 0.15) is 11.5 Å². The average Bonchev–Trinajstić information content (AvgIpc) is 2.47. The lowest BCUT2D eigenvalue weighted by atomic mass is 10.0. The minimum Gasteiger partial charge on any atom is -0.508 e. The second-order valence-corrected chi connectivity index (χ2v) is 5.20. The van der Waals surface area contributed by atoms with Gasteiger partial charge in [-0.2, -0.15) is 0 Å². The number of hydrogen-bond acceptors (Lipinski definition) is 4. The standard InChI is InChI=1S/C17H21NO3/c1-12(16-8-7-15(20)10-17(16)21)18-14(11-19)9-13-5-3-2-4-6-13/h2-8,10,12,14,18-21H,9,11H2,1H3/t12?,14-/m0/s1. The molecule has 4 nitrogen and oxygen atoms in total. The zero-order valence-corrected chi connectivity index (χ0v) is 12.0. The maximum absolute atomic E-state index is 9.87. The smallest absolute Gasteiger partial charge is 0.124 e. The number of rotatable bonds is 6. The predicted molar refractivity (Wildman–Crippen MR) is 82.3 cm³/mol. The molecule has 4 heteroatoms. The first-order valence-corrected chi connectivity index (χ1v) is 7.03. The van der Waals surface area contributed by atoms with E-state index in [0.717, 1.165) is 5.56 Å². The van der Waals surface area contributed by atoms with E-state index in [1.54, 1.807) is 12.1 Å². The monoisotopic (exact) mass is 287 g/mol. The molecule has 0 spiro atoms. The average molecular weight is 287 g/mol. The zero-order valence-electron chi connectivity index (χ0n) is 12.0. The van der Waals surface area contributed by atoms with Gasteiger partial charge in [-0.3, -0.25) is 0 Å². The van der Waals surface area contributed by atoms with E-state index >= 15 is 0 Å². The molecular weight excluding hydrogens is 266 g/mol. The Morgan fingerprint density at radius 1 is 1.05 bits per heavy atom. The molecule has 0 heterocycles. The Hall–Kier alpha value is -2.04. The van der Waals surface area contributed by atoms with Gasteiger partial charge < -0.3 is 20.6 Å². The summed E-state index contributed by atoms with van der Waals surface area (Å²) in [5.41, 5.74) is 1.84. The highest BCUT2D eigenvalue weighted by atomic mass is 16.3. The van der Waals surface area contributed by atoms with Crippen molar-refractivity contribution in [3.8, 4) is 11.5 Å². The third kappa shape index (κ3) is 4.21. The SMILES string of the molecule is CC(N[C@H](CO)Cc1ccccc1)c1ccc(O)cc1O. The molecule has 0 radical (unpaired) electrons. The molecule has 2 aromatic carbocycles. The highest BCUT2D eigenvalue weighted by Gasteiger charge is 2.16. The fraction of sp³-hybridized carbons (Fsp3) is 0.294. The maximum Gasteiger partial charge on any atom is 0.124 e. The summed E-state index contributed by atoms with van der Waals surface area (Å²) in [5, 5.41) is 32.0. The number of benzene rings is 2. The quantitative estimate of drug-likeness (QED) is 0.658. The van der Waals surface area contributed by atoms with E-state index < -0.39 is 0 Å². The van der Waals surface area contributed by atoms with Crippen LogP contribution in [0, 0.1) is 0 Å². The van der Waals surface area contributed by atoms with Crippen LogP contribution < -0.4 is 5.32 Å². The van der Waals surface area contributed by atoms with Crippen LogP contribution in [0.4, 0.5) is 0 Å². The first-order chi connectivity index (χ1) is 10.1. The number of nitrogens with one attached hydrogen (secondary N) is 1. The molecule has 0 saturated carbocycles. The summed E-state index contributed by atoms with van der Waals surface area (Å²) in [7, 11) is 0. The molecule has 4 N–H and O–H groups in total. The van der Waals surface area contributed by atoms with Crippen LogP contribution in [0.3, 0.4) is 0 Å². The molecule has 0 aliphatic carbocycles. The molecule has 112 valence electrons. The van der Waals surface area contributed by atoms with Gasteiger partial charge in [0.15, 0.2) is 0 Å². The van der Waals surface area contributed by atoms with Gasteiger partial charge in [-0.1, -0.05) is 36.4 Å². The topological polar surface area (TPSA) is 72.7 Å². The molecule has 0 aliphatic heterocycles. The van der Waals surface area contributed by atoms with E-state index in [1.165, 1.54) is 6.07 Å². The Bertz CT molecular complexity index is 572. The van der Waals surface area contributed by atoms with E-state index in [9.17, 15) is 15.3 Å². The molecule has 2 aromatic rings. The van der Waals surface area contributed by atoms with Gasteiger partial charge in [0, 0.05) is 23.7 Å². The van der Waals surface area contributed by atoms with Crippen molar-refractivity contribution in [2.24, 2.45) is 0 Å². The number of hydrogen-bond donors (Lipinski definition) is 4. The van der Waals surface area contributed by atoms with Crippen molar-refractivity contribution in [3.05, 3.63) is 59.7 Å². The number of aliphatic hydroxyl groups is 1. The van der Waals surface area contributed by atoms with Crippen LogP contribution in [0.15, 0.2) is 48.5 Å². The Labute approximate surface area is 124 Å². The van der Waals surface area contributed by atoms with Crippen LogP contribution >= 0.6 is 0 Å². The van der Waals surface area contributed by atoms with E-state index in [4.69, 9.17) is 0 Å². The molecule has 0 aromatic heterocycles. The van der Waals surface area contributed by atoms with Crippen LogP contribution in [-0.4, -0.2) is 28.0 Å². The van der Waals surface area contributed by atoms with Crippen molar-refractivity contribution in [2.75, 3.05) is 6.61 Å². The first kappa shape index (κ1) is 15.4. The highest BCUT2D eigenvalue weighted by molar-refractivity contribution is 5.40. The molecule has 2 atom stereocenters. The molecule has 2 rings (SSSR count). The number of phenols is 2. The second kappa shape index (κ2) is 7.11. The van der Waals surface area contributed by atoms with Gasteiger partial charge in [-0.25, -0.2) is 0 Å². The Morgan fingerprint density at radius 3 is 2.38 bits per heavy atom. The van der Waals surface area contributed by atoms with Crippen molar-refractivity contribution in [2.45, 2.75) is 25.4 Å². The van der Waals surface area contributed by atoms with Crippen LogP contribution in [0.5, 0.6) is 11.5 Å². The Balaban J connectivity index is 2.04. The summed E-state index contributed by atoms with van der Waals surface area (Å²) in [6.45, 7) is 1.93. The molecule has 21 heavy (non-hydrogen) atoms. The van der Waals surface area contributed by atoms with E-state index in [0.29, 0.717) is 12.0 Å². The minimum absolute atomic E-state index is 0.0120. The summed E-state index contributed by atoms with van der Waals surface area (Å²) in [6, 6.07) is 14.2. The predicted octanol–water partition coefficient (Wildman–Crippen LogP) is 2.35. The van der Waals surface area contributed by atoms with E-state index in [2.05, 4.69) is 5.32 Å². The second-order valence-electron chi connectivity index (χ2n) is 5.20. The fourth-order valence-corrected chi connectivity index (χ4v) is 2.42. The number of aliphatic hydroxyl groups excluding tert-OH is 1. The summed E-state index contributed by atoms with van der Waals surface area (Å²) >= 11 is 0. The van der Waals surface area contributed by atoms with Gasteiger partial charge in [0.2, 0.25) is 0 Å². The maximum atomic E-state index is 9.87. The molecular formula is C17H21NO3. The van der Waals surface area contributed by atoms with Gasteiger partial charge in [-0.15, -0.1) is 0 Å². The van der Waals surface area contributed by atoms with Gasteiger partial charge in [0.05, 0.1) is 6.61 Å². The summed E-state index contributed by atoms with van der Waals surface area (Å²) in [5.74, 6) is 0.0813. The zero-order chi connectivity index (χ0) is 15.2. The van der Waals surface area contributed by atoms with Crippen LogP contribution in [-0.2, 0) is 6.42 Å². The molecule has 0 saturated heterocycles. The van der Waals surface area contributed by atoms with Gasteiger partial charge in [-0.05, 0) is 25.0 Å². The minimum atomic E-state index is -0.133. The van der Waals surface area contributed by atoms with Crippen LogP contribution in [0.2, 0.25) is 0 Å². The lowest BCUT2D eigenvalue weighted by Crippen LogP contribution is -2.36. The Morgan fingerprint density at radius 2 is 1.76 bits per heavy atom. The molecule has 0 fully saturated rings. The number of phenolic OH excluding ortho intramolecular Hbond substituents is 2. The summed E-state index contributed by atoms with van der Waals surface area (Å²) in [6.07, 6.45) is 0.709. The molecule has 0 amide bonds. The lowest BCUT2D eigenvalue weighted by Gasteiger charge is -2.23. The normalized spacial score (nSPS) is 13.8. The molecule has 0 aliphatic rings. The van der Waals surface area contributed by atoms with Crippen molar-refractivity contribution in [1.29, 1.82) is 0 Å². The van der Waals surface area contributed by atoms with Crippen LogP contribution in [0.1, 0.15) is 24.1 Å². The van der Waals surface area contributed by atoms with Crippen molar-refractivity contribution >= 4 is 0 Å². The van der Waals surface area contributed by atoms with E-state index in [-0.39, 0.29) is 30.2 Å². The first-order valence-electron chi connectivity index (χ1n) is 7.03. The summed E-state index contributed by atoms with van der Waals surface area (Å²) < 4.78 is 0.